The Kier molecular flexibility index (Phi) is 10.1. The van der Waals surface area contributed by atoms with Crippen LogP contribution in [0.15, 0.2) is 58.0 Å². The number of halogens is 1. The third-order valence-corrected chi connectivity index (χ3v) is 8.75. The molecule has 7 heteroatoms. The molecule has 1 aromatic heterocycles. The lowest BCUT2D eigenvalue weighted by Gasteiger charge is -2.36. The van der Waals surface area contributed by atoms with Crippen LogP contribution in [0.5, 0.6) is 0 Å². The van der Waals surface area contributed by atoms with Crippen LogP contribution in [-0.2, 0) is 15.1 Å². The summed E-state index contributed by atoms with van der Waals surface area (Å²) in [5, 5.41) is 11.6. The molecule has 1 saturated carbocycles. The molecule has 2 aliphatic rings. The van der Waals surface area contributed by atoms with Crippen LogP contribution in [0.2, 0.25) is 0 Å². The Morgan fingerprint density at radius 3 is 2.59 bits per heavy atom. The maximum atomic E-state index is 13.4. The number of carbonyl (C=O) groups is 1. The molecule has 0 amide bonds. The molecule has 2 fully saturated rings. The molecule has 1 N–H and O–H groups in total. The first-order valence-corrected chi connectivity index (χ1v) is 13.5. The lowest BCUT2D eigenvalue weighted by Crippen LogP contribution is -3.00. The second kappa shape index (κ2) is 12.6. The van der Waals surface area contributed by atoms with E-state index < -0.39 is 11.6 Å². The second-order valence-corrected chi connectivity index (χ2v) is 10.9. The summed E-state index contributed by atoms with van der Waals surface area (Å²) < 4.78 is 12.5. The lowest BCUT2D eigenvalue weighted by atomic mass is 9.75. The predicted octanol–water partition coefficient (Wildman–Crippen LogP) is 2.39. The maximum absolute atomic E-state index is 13.4. The van der Waals surface area contributed by atoms with Gasteiger partial charge in [0.05, 0.1) is 25.9 Å². The molecule has 3 atom stereocenters. The van der Waals surface area contributed by atoms with Gasteiger partial charge in [-0.25, -0.2) is 4.79 Å². The fourth-order valence-electron chi connectivity index (χ4n) is 5.61. The van der Waals surface area contributed by atoms with E-state index in [9.17, 15) is 9.90 Å². The first-order valence-electron chi connectivity index (χ1n) is 12.6. The van der Waals surface area contributed by atoms with E-state index in [0.29, 0.717) is 5.76 Å². The topological polar surface area (TPSA) is 59.7 Å². The van der Waals surface area contributed by atoms with Gasteiger partial charge in [0.1, 0.15) is 12.3 Å². The number of likely N-dealkylation sites (tertiary alicyclic amines) is 1. The van der Waals surface area contributed by atoms with Gasteiger partial charge in [-0.2, -0.15) is 0 Å². The molecule has 2 aromatic rings. The van der Waals surface area contributed by atoms with Crippen molar-refractivity contribution in [3.63, 3.8) is 0 Å². The molecule has 1 aromatic carbocycles. The molecule has 4 rings (SSSR count). The summed E-state index contributed by atoms with van der Waals surface area (Å²) in [4.78, 5) is 14.7. The highest BCUT2D eigenvalue weighted by Crippen LogP contribution is 2.41. The van der Waals surface area contributed by atoms with E-state index in [1.807, 2.05) is 17.8 Å². The third kappa shape index (κ3) is 6.28. The van der Waals surface area contributed by atoms with Gasteiger partial charge in [0, 0.05) is 29.4 Å². The average molecular weight is 553 g/mol. The summed E-state index contributed by atoms with van der Waals surface area (Å²) in [6.45, 7) is 6.21. The van der Waals surface area contributed by atoms with Crippen LogP contribution in [0, 0.1) is 5.92 Å². The van der Waals surface area contributed by atoms with E-state index in [1.165, 1.54) is 11.2 Å². The number of hydrogen-bond donors (Lipinski definition) is 1. The Balaban J connectivity index is 0.00000324. The maximum Gasteiger partial charge on any atom is 0.346 e. The van der Waals surface area contributed by atoms with Crippen molar-refractivity contribution in [2.75, 3.05) is 31.9 Å². The normalized spacial score (nSPS) is 24.8. The first-order chi connectivity index (χ1) is 16.1. The summed E-state index contributed by atoms with van der Waals surface area (Å²) in [6.07, 6.45) is 8.22. The Hall–Kier alpha value is -1.28. The molecule has 5 nitrogen and oxygen atoms in total. The highest BCUT2D eigenvalue weighted by Gasteiger charge is 2.51. The van der Waals surface area contributed by atoms with Crippen molar-refractivity contribution in [3.05, 3.63) is 54.5 Å². The summed E-state index contributed by atoms with van der Waals surface area (Å²) >= 11 is 1.90. The molecule has 34 heavy (non-hydrogen) atoms. The van der Waals surface area contributed by atoms with Crippen molar-refractivity contribution >= 4 is 17.7 Å². The van der Waals surface area contributed by atoms with Crippen molar-refractivity contribution in [3.8, 4) is 0 Å². The van der Waals surface area contributed by atoms with Crippen molar-refractivity contribution in [2.45, 2.75) is 68.5 Å². The SMILES string of the molecule is CC[N+]1(CCCSc2ccccc2)CCC(OC(=O)C(O)(c2ccco2)C2CCCCC2)C1.[Br-]. The standard InChI is InChI=1S/C27H38NO4S.BrH/c1-2-28(17-10-20-33-24-13-7-4-8-14-24)18-16-23(21-28)32-26(29)27(30,25-15-9-19-31-25)22-11-5-3-6-12-22;/h4,7-9,13-15,19,22-23,30H,2-3,5-6,10-12,16-18,20-21H2,1H3;1H/q+1;/p-1. The third-order valence-electron chi connectivity index (χ3n) is 7.65. The summed E-state index contributed by atoms with van der Waals surface area (Å²) in [7, 11) is 0. The second-order valence-electron chi connectivity index (χ2n) is 9.70. The highest BCUT2D eigenvalue weighted by molar-refractivity contribution is 7.99. The van der Waals surface area contributed by atoms with Crippen molar-refractivity contribution in [2.24, 2.45) is 5.92 Å². The largest absolute Gasteiger partial charge is 1.00 e. The molecule has 188 valence electrons. The fourth-order valence-corrected chi connectivity index (χ4v) is 6.47. The number of esters is 1. The number of rotatable bonds is 10. The number of hydrogen-bond acceptors (Lipinski definition) is 5. The van der Waals surface area contributed by atoms with Crippen molar-refractivity contribution in [1.82, 2.24) is 0 Å². The number of benzene rings is 1. The van der Waals surface area contributed by atoms with E-state index in [1.54, 1.807) is 12.1 Å². The quantitative estimate of drug-likeness (QED) is 0.212. The monoisotopic (exact) mass is 551 g/mol. The Bertz CT molecular complexity index is 874. The number of nitrogens with zero attached hydrogens (tertiary/aromatic N) is 1. The molecule has 1 aliphatic carbocycles. The van der Waals surface area contributed by atoms with Gasteiger partial charge < -0.3 is 35.7 Å². The smallest absolute Gasteiger partial charge is 0.346 e. The van der Waals surface area contributed by atoms with Crippen LogP contribution in [0.3, 0.4) is 0 Å². The number of likely N-dealkylation sites (N-methyl/N-ethyl adjacent to an activating group) is 1. The Morgan fingerprint density at radius 1 is 1.15 bits per heavy atom. The van der Waals surface area contributed by atoms with Gasteiger partial charge in [0.2, 0.25) is 5.60 Å². The Labute approximate surface area is 218 Å². The van der Waals surface area contributed by atoms with E-state index in [-0.39, 0.29) is 29.0 Å². The van der Waals surface area contributed by atoms with E-state index in [2.05, 4.69) is 31.2 Å². The zero-order chi connectivity index (χ0) is 23.2. The molecule has 1 saturated heterocycles. The van der Waals surface area contributed by atoms with Gasteiger partial charge in [-0.15, -0.1) is 11.8 Å². The van der Waals surface area contributed by atoms with Crippen molar-refractivity contribution < 1.29 is 40.5 Å². The van der Waals surface area contributed by atoms with Crippen LogP contribution in [-0.4, -0.2) is 53.6 Å². The molecule has 0 spiro atoms. The molecular weight excluding hydrogens is 514 g/mol. The minimum Gasteiger partial charge on any atom is -1.00 e. The van der Waals surface area contributed by atoms with E-state index >= 15 is 0 Å². The van der Waals surface area contributed by atoms with Gasteiger partial charge in [-0.3, -0.25) is 0 Å². The van der Waals surface area contributed by atoms with Gasteiger partial charge in [-0.1, -0.05) is 37.5 Å². The van der Waals surface area contributed by atoms with Crippen LogP contribution in [0.4, 0.5) is 0 Å². The number of quaternary nitrogens is 1. The average Bonchev–Trinajstić information content (AvgIpc) is 3.54. The van der Waals surface area contributed by atoms with E-state index in [0.717, 1.165) is 81.4 Å². The minimum absolute atomic E-state index is 0. The summed E-state index contributed by atoms with van der Waals surface area (Å²) in [5.74, 6) is 0.748. The van der Waals surface area contributed by atoms with Gasteiger partial charge in [0.25, 0.3) is 0 Å². The van der Waals surface area contributed by atoms with Gasteiger partial charge in [-0.05, 0) is 44.0 Å². The van der Waals surface area contributed by atoms with Crippen LogP contribution >= 0.6 is 11.8 Å². The van der Waals surface area contributed by atoms with Crippen molar-refractivity contribution in [1.29, 1.82) is 0 Å². The zero-order valence-electron chi connectivity index (χ0n) is 20.2. The summed E-state index contributed by atoms with van der Waals surface area (Å²) in [5.41, 5.74) is -1.68. The zero-order valence-corrected chi connectivity index (χ0v) is 22.6. The summed E-state index contributed by atoms with van der Waals surface area (Å²) in [6, 6.07) is 14.0. The number of thioether (sulfide) groups is 1. The Morgan fingerprint density at radius 2 is 1.91 bits per heavy atom. The number of aliphatic hydroxyl groups is 1. The number of ether oxygens (including phenoxy) is 1. The fraction of sp³-hybridized carbons (Fsp3) is 0.593. The minimum atomic E-state index is -1.68. The molecule has 3 unspecified atom stereocenters. The lowest BCUT2D eigenvalue weighted by molar-refractivity contribution is -0.916. The van der Waals surface area contributed by atoms with Gasteiger partial charge in [0.15, 0.2) is 6.10 Å². The molecule has 0 bridgehead atoms. The molecular formula is C27H38BrNO4S. The first kappa shape index (κ1) is 27.3. The van der Waals surface area contributed by atoms with Gasteiger partial charge >= 0.3 is 5.97 Å². The van der Waals surface area contributed by atoms with Crippen LogP contribution in [0.25, 0.3) is 0 Å². The van der Waals surface area contributed by atoms with Crippen LogP contribution in [0.1, 0.15) is 57.6 Å². The number of furan rings is 1. The molecule has 0 radical (unpaired) electrons. The molecule has 1 aliphatic heterocycles. The molecule has 2 heterocycles. The van der Waals surface area contributed by atoms with E-state index in [4.69, 9.17) is 9.15 Å². The van der Waals surface area contributed by atoms with Crippen LogP contribution < -0.4 is 17.0 Å². The predicted molar refractivity (Wildman–Crippen MR) is 131 cm³/mol. The highest BCUT2D eigenvalue weighted by atomic mass is 79.9. The number of carbonyl (C=O) groups excluding carboxylic acids is 1.